The van der Waals surface area contributed by atoms with Crippen molar-refractivity contribution in [1.82, 2.24) is 14.8 Å². The average molecular weight is 396 g/mol. The van der Waals surface area contributed by atoms with Gasteiger partial charge >= 0.3 is 0 Å². The maximum atomic E-state index is 12.7. The molecule has 0 saturated carbocycles. The molecular formula is C21H24N4O4. The van der Waals surface area contributed by atoms with Gasteiger partial charge in [-0.1, -0.05) is 12.1 Å². The van der Waals surface area contributed by atoms with Gasteiger partial charge in [-0.15, -0.1) is 0 Å². The SMILES string of the molecule is COCC(=O)N1CCN2CC(=O)Nc3cc(-c4cccnc4)ccc3OC[C@@H]2C1. The number of aromatic nitrogens is 1. The van der Waals surface area contributed by atoms with Gasteiger partial charge in [0, 0.05) is 44.7 Å². The highest BCUT2D eigenvalue weighted by molar-refractivity contribution is 5.94. The van der Waals surface area contributed by atoms with Gasteiger partial charge in [-0.25, -0.2) is 0 Å². The molecule has 29 heavy (non-hydrogen) atoms. The van der Waals surface area contributed by atoms with Gasteiger partial charge in [-0.05, 0) is 23.8 Å². The van der Waals surface area contributed by atoms with Crippen LogP contribution in [0, 0.1) is 0 Å². The predicted molar refractivity (Wildman–Crippen MR) is 108 cm³/mol. The summed E-state index contributed by atoms with van der Waals surface area (Å²) >= 11 is 0. The second-order valence-electron chi connectivity index (χ2n) is 7.21. The minimum Gasteiger partial charge on any atom is -0.490 e. The minimum atomic E-state index is -0.0956. The quantitative estimate of drug-likeness (QED) is 0.841. The van der Waals surface area contributed by atoms with Crippen molar-refractivity contribution >= 4 is 17.5 Å². The molecule has 0 unspecified atom stereocenters. The molecule has 2 aliphatic heterocycles. The normalized spacial score (nSPS) is 19.7. The highest BCUT2D eigenvalue weighted by atomic mass is 16.5. The molecule has 0 aliphatic carbocycles. The molecule has 1 fully saturated rings. The van der Waals surface area contributed by atoms with Crippen LogP contribution in [0.2, 0.25) is 0 Å². The van der Waals surface area contributed by atoms with Gasteiger partial charge in [0.1, 0.15) is 19.0 Å². The Kier molecular flexibility index (Phi) is 5.73. The van der Waals surface area contributed by atoms with E-state index >= 15 is 0 Å². The Morgan fingerprint density at radius 1 is 1.31 bits per heavy atom. The monoisotopic (exact) mass is 396 g/mol. The number of piperazine rings is 1. The van der Waals surface area contributed by atoms with Crippen molar-refractivity contribution in [3.05, 3.63) is 42.7 Å². The third kappa shape index (κ3) is 4.38. The lowest BCUT2D eigenvalue weighted by molar-refractivity contribution is -0.138. The van der Waals surface area contributed by atoms with Gasteiger partial charge in [-0.2, -0.15) is 0 Å². The van der Waals surface area contributed by atoms with Crippen molar-refractivity contribution in [2.75, 3.05) is 51.8 Å². The van der Waals surface area contributed by atoms with E-state index in [4.69, 9.17) is 9.47 Å². The topological polar surface area (TPSA) is 84.0 Å². The lowest BCUT2D eigenvalue weighted by Crippen LogP contribution is -2.58. The summed E-state index contributed by atoms with van der Waals surface area (Å²) in [5.74, 6) is 0.480. The first-order valence-electron chi connectivity index (χ1n) is 9.62. The lowest BCUT2D eigenvalue weighted by atomic mass is 10.1. The molecule has 8 nitrogen and oxygen atoms in total. The second kappa shape index (κ2) is 8.59. The van der Waals surface area contributed by atoms with E-state index in [1.165, 1.54) is 7.11 Å². The Morgan fingerprint density at radius 3 is 3.00 bits per heavy atom. The summed E-state index contributed by atoms with van der Waals surface area (Å²) in [5, 5.41) is 2.97. The number of pyridine rings is 1. The van der Waals surface area contributed by atoms with Crippen molar-refractivity contribution in [3.63, 3.8) is 0 Å². The van der Waals surface area contributed by atoms with Gasteiger partial charge in [0.25, 0.3) is 0 Å². The molecule has 1 atom stereocenters. The van der Waals surface area contributed by atoms with Crippen molar-refractivity contribution in [3.8, 4) is 16.9 Å². The summed E-state index contributed by atoms with van der Waals surface area (Å²) in [7, 11) is 1.51. The number of fused-ring (bicyclic) bond motifs is 2. The number of anilines is 1. The summed E-state index contributed by atoms with van der Waals surface area (Å²) in [6.07, 6.45) is 3.51. The van der Waals surface area contributed by atoms with Crippen molar-refractivity contribution in [2.24, 2.45) is 0 Å². The molecular weight excluding hydrogens is 372 g/mol. The molecule has 0 radical (unpaired) electrons. The third-order valence-electron chi connectivity index (χ3n) is 5.25. The summed E-state index contributed by atoms with van der Waals surface area (Å²) in [4.78, 5) is 32.8. The summed E-state index contributed by atoms with van der Waals surface area (Å²) in [6, 6.07) is 9.51. The highest BCUT2D eigenvalue weighted by Gasteiger charge is 2.32. The number of methoxy groups -OCH3 is 1. The van der Waals surface area contributed by atoms with Crippen LogP contribution in [-0.4, -0.2) is 79.1 Å². The molecule has 1 N–H and O–H groups in total. The molecule has 1 aromatic carbocycles. The number of amides is 2. The van der Waals surface area contributed by atoms with Gasteiger partial charge < -0.3 is 19.7 Å². The average Bonchev–Trinajstić information content (AvgIpc) is 2.80. The van der Waals surface area contributed by atoms with Crippen molar-refractivity contribution in [1.29, 1.82) is 0 Å². The van der Waals surface area contributed by atoms with Gasteiger partial charge in [0.2, 0.25) is 11.8 Å². The summed E-state index contributed by atoms with van der Waals surface area (Å²) < 4.78 is 11.0. The molecule has 2 aromatic rings. The Labute approximate surface area is 169 Å². The Bertz CT molecular complexity index is 890. The zero-order valence-electron chi connectivity index (χ0n) is 16.3. The molecule has 1 aromatic heterocycles. The molecule has 0 spiro atoms. The molecule has 152 valence electrons. The van der Waals surface area contributed by atoms with Crippen LogP contribution in [-0.2, 0) is 14.3 Å². The van der Waals surface area contributed by atoms with Crippen LogP contribution < -0.4 is 10.1 Å². The van der Waals surface area contributed by atoms with Crippen molar-refractivity contribution in [2.45, 2.75) is 6.04 Å². The first kappa shape index (κ1) is 19.4. The fourth-order valence-corrected chi connectivity index (χ4v) is 3.73. The van der Waals surface area contributed by atoms with Crippen LogP contribution in [0.1, 0.15) is 0 Å². The number of hydrogen-bond donors (Lipinski definition) is 1. The largest absolute Gasteiger partial charge is 0.490 e. The summed E-state index contributed by atoms with van der Waals surface area (Å²) in [6.45, 7) is 2.42. The number of ether oxygens (including phenoxy) is 2. The number of carbonyl (C=O) groups excluding carboxylic acids is 2. The van der Waals surface area contributed by atoms with Crippen LogP contribution >= 0.6 is 0 Å². The maximum absolute atomic E-state index is 12.7. The van der Waals surface area contributed by atoms with Crippen molar-refractivity contribution < 1.29 is 19.1 Å². The Hall–Kier alpha value is -2.97. The van der Waals surface area contributed by atoms with E-state index in [2.05, 4.69) is 15.2 Å². The Balaban J connectivity index is 1.55. The number of nitrogens with zero attached hydrogens (tertiary/aromatic N) is 3. The van der Waals surface area contributed by atoms with E-state index in [0.29, 0.717) is 37.7 Å². The van der Waals surface area contributed by atoms with E-state index < -0.39 is 0 Å². The maximum Gasteiger partial charge on any atom is 0.248 e. The molecule has 2 aliphatic rings. The standard InChI is InChI=1S/C21H24N4O4/c1-28-14-21(27)25-8-7-24-12-20(26)23-18-9-15(16-3-2-6-22-10-16)4-5-19(18)29-13-17(24)11-25/h2-6,9-10,17H,7-8,11-14H2,1H3,(H,23,26)/t17-/m0/s1. The lowest BCUT2D eigenvalue weighted by Gasteiger charge is -2.40. The van der Waals surface area contributed by atoms with Gasteiger partial charge in [0.05, 0.1) is 18.3 Å². The zero-order valence-corrected chi connectivity index (χ0v) is 16.3. The van der Waals surface area contributed by atoms with Gasteiger partial charge in [0.15, 0.2) is 0 Å². The predicted octanol–water partition coefficient (Wildman–Crippen LogP) is 1.24. The minimum absolute atomic E-state index is 0.0435. The number of nitrogens with one attached hydrogen (secondary N) is 1. The van der Waals surface area contributed by atoms with E-state index in [0.717, 1.165) is 11.1 Å². The van der Waals surface area contributed by atoms with E-state index in [1.54, 1.807) is 17.3 Å². The van der Waals surface area contributed by atoms with Crippen LogP contribution in [0.3, 0.4) is 0 Å². The van der Waals surface area contributed by atoms with Gasteiger partial charge in [-0.3, -0.25) is 19.5 Å². The molecule has 0 bridgehead atoms. The molecule has 1 saturated heterocycles. The first-order chi connectivity index (χ1) is 14.1. The highest BCUT2D eigenvalue weighted by Crippen LogP contribution is 2.31. The Morgan fingerprint density at radius 2 is 2.21 bits per heavy atom. The van der Waals surface area contributed by atoms with Crippen LogP contribution in [0.15, 0.2) is 42.7 Å². The molecule has 8 heteroatoms. The van der Waals surface area contributed by atoms with E-state index in [1.807, 2.05) is 30.3 Å². The smallest absolute Gasteiger partial charge is 0.248 e. The summed E-state index contributed by atoms with van der Waals surface area (Å²) in [5.41, 5.74) is 2.56. The number of hydrogen-bond acceptors (Lipinski definition) is 6. The molecule has 3 heterocycles. The first-order valence-corrected chi connectivity index (χ1v) is 9.62. The zero-order chi connectivity index (χ0) is 20.2. The second-order valence-corrected chi connectivity index (χ2v) is 7.21. The number of rotatable bonds is 3. The van der Waals surface area contributed by atoms with E-state index in [9.17, 15) is 9.59 Å². The van der Waals surface area contributed by atoms with Crippen LogP contribution in [0.4, 0.5) is 5.69 Å². The third-order valence-corrected chi connectivity index (χ3v) is 5.25. The van der Waals surface area contributed by atoms with Crippen LogP contribution in [0.5, 0.6) is 5.75 Å². The number of carbonyl (C=O) groups is 2. The fraction of sp³-hybridized carbons (Fsp3) is 0.381. The van der Waals surface area contributed by atoms with Crippen LogP contribution in [0.25, 0.3) is 11.1 Å². The molecule has 4 rings (SSSR count). The van der Waals surface area contributed by atoms with E-state index in [-0.39, 0.29) is 31.0 Å². The fourth-order valence-electron chi connectivity index (χ4n) is 3.73. The molecule has 2 amide bonds. The number of benzene rings is 1.